The van der Waals surface area contributed by atoms with Gasteiger partial charge in [0.05, 0.1) is 0 Å². The van der Waals surface area contributed by atoms with E-state index >= 15 is 0 Å². The van der Waals surface area contributed by atoms with Crippen LogP contribution in [-0.2, 0) is 4.79 Å². The molecule has 0 aliphatic carbocycles. The second-order valence-electron chi connectivity index (χ2n) is 2.35. The highest BCUT2D eigenvalue weighted by atomic mass is 16.4. The predicted octanol–water partition coefficient (Wildman–Crippen LogP) is -1.47. The molecule has 0 spiro atoms. The largest absolute Gasteiger partial charge is 0.477 e. The lowest BCUT2D eigenvalue weighted by atomic mass is 10.3. The Morgan fingerprint density at radius 3 is 1.06 bits per heavy atom. The fourth-order valence-electron chi connectivity index (χ4n) is 0.735. The molecule has 0 bridgehead atoms. The van der Waals surface area contributed by atoms with E-state index in [1.165, 1.54) is 16.0 Å². The van der Waals surface area contributed by atoms with Crippen LogP contribution in [0.15, 0.2) is 0 Å². The summed E-state index contributed by atoms with van der Waals surface area (Å²) in [6, 6.07) is 0. The Kier molecular flexibility index (Phi) is 3.88. The summed E-state index contributed by atoms with van der Waals surface area (Å²) in [4.78, 5) is 41.4. The topological polar surface area (TPSA) is 185 Å². The van der Waals surface area contributed by atoms with Crippen LogP contribution in [0, 0.1) is 0 Å². The number of rotatable bonds is 4. The van der Waals surface area contributed by atoms with Gasteiger partial charge in [0.25, 0.3) is 0 Å². The van der Waals surface area contributed by atoms with Gasteiger partial charge < -0.3 is 20.4 Å². The zero-order valence-electron chi connectivity index (χ0n) is 7.42. The van der Waals surface area contributed by atoms with Crippen LogP contribution >= 0.6 is 0 Å². The number of carboxylic acids is 1. The van der Waals surface area contributed by atoms with Gasteiger partial charge in [-0.2, -0.15) is 0 Å². The maximum Gasteiger partial charge on any atom is 0.408 e. The number of nitrogens with one attached hydrogen (secondary N) is 3. The summed E-state index contributed by atoms with van der Waals surface area (Å²) >= 11 is 0. The van der Waals surface area contributed by atoms with Gasteiger partial charge in [-0.15, -0.1) is 0 Å². The van der Waals surface area contributed by atoms with Gasteiger partial charge in [-0.05, 0) is 0 Å². The third-order valence-corrected chi connectivity index (χ3v) is 1.20. The lowest BCUT2D eigenvalue weighted by Gasteiger charge is -2.27. The first-order valence-electron chi connectivity index (χ1n) is 3.46. The Hall–Kier alpha value is -2.72. The minimum atomic E-state index is -3.07. The normalized spacial score (nSPS) is 10.0. The summed E-state index contributed by atoms with van der Waals surface area (Å²) in [5, 5.41) is 37.0. The number of carboxylic acid groups (broad SMARTS) is 4. The zero-order valence-corrected chi connectivity index (χ0v) is 7.42. The average molecular weight is 237 g/mol. The molecular weight excluding hydrogens is 230 g/mol. The van der Waals surface area contributed by atoms with Crippen molar-refractivity contribution in [1.82, 2.24) is 16.0 Å². The molecule has 90 valence electrons. The molecule has 0 heterocycles. The van der Waals surface area contributed by atoms with Crippen molar-refractivity contribution >= 4 is 24.2 Å². The molecule has 11 nitrogen and oxygen atoms in total. The molecule has 0 radical (unpaired) electrons. The number of amides is 3. The van der Waals surface area contributed by atoms with Crippen molar-refractivity contribution in [3.8, 4) is 0 Å². The maximum absolute atomic E-state index is 10.7. The summed E-state index contributed by atoms with van der Waals surface area (Å²) in [6.07, 6.45) is -5.82. The highest BCUT2D eigenvalue weighted by molar-refractivity contribution is 5.89. The summed E-state index contributed by atoms with van der Waals surface area (Å²) in [7, 11) is 0. The van der Waals surface area contributed by atoms with E-state index in [4.69, 9.17) is 20.4 Å². The smallest absolute Gasteiger partial charge is 0.408 e. The van der Waals surface area contributed by atoms with Crippen molar-refractivity contribution < 1.29 is 39.6 Å². The van der Waals surface area contributed by atoms with Gasteiger partial charge in [-0.25, -0.2) is 19.2 Å². The minimum Gasteiger partial charge on any atom is -0.477 e. The van der Waals surface area contributed by atoms with Crippen LogP contribution in [0.3, 0.4) is 0 Å². The summed E-state index contributed by atoms with van der Waals surface area (Å²) in [5.41, 5.74) is 0. The van der Waals surface area contributed by atoms with Gasteiger partial charge in [0.1, 0.15) is 0 Å². The van der Waals surface area contributed by atoms with Crippen LogP contribution in [0.4, 0.5) is 14.4 Å². The van der Waals surface area contributed by atoms with Crippen LogP contribution in [-0.4, -0.2) is 50.5 Å². The fraction of sp³-hybridized carbons (Fsp3) is 0.200. The van der Waals surface area contributed by atoms with Crippen LogP contribution < -0.4 is 16.0 Å². The predicted molar refractivity (Wildman–Crippen MR) is 43.8 cm³/mol. The van der Waals surface area contributed by atoms with Crippen LogP contribution in [0.1, 0.15) is 0 Å². The third-order valence-electron chi connectivity index (χ3n) is 1.20. The Balaban J connectivity index is 5.19. The van der Waals surface area contributed by atoms with E-state index in [9.17, 15) is 19.2 Å². The van der Waals surface area contributed by atoms with Gasteiger partial charge in [0.15, 0.2) is 0 Å². The van der Waals surface area contributed by atoms with Crippen molar-refractivity contribution in [3.05, 3.63) is 0 Å². The molecule has 7 N–H and O–H groups in total. The van der Waals surface area contributed by atoms with E-state index in [0.29, 0.717) is 0 Å². The average Bonchev–Trinajstić information content (AvgIpc) is 1.98. The van der Waals surface area contributed by atoms with E-state index < -0.39 is 30.0 Å². The Labute approximate surface area is 86.7 Å². The van der Waals surface area contributed by atoms with Gasteiger partial charge >= 0.3 is 30.0 Å². The summed E-state index contributed by atoms with van der Waals surface area (Å²) in [5.74, 6) is -5.15. The molecule has 0 rings (SSSR count). The number of hydrogen-bond acceptors (Lipinski definition) is 4. The number of carbonyl (C=O) groups is 4. The monoisotopic (exact) mass is 237 g/mol. The lowest BCUT2D eigenvalue weighted by Crippen LogP contribution is -2.74. The van der Waals surface area contributed by atoms with Crippen molar-refractivity contribution in [3.63, 3.8) is 0 Å². The van der Waals surface area contributed by atoms with E-state index in [-0.39, 0.29) is 0 Å². The standard InChI is InChI=1S/C5H7N3O8/c9-1(10)5(6-2(11)12,7-3(13)14)8-4(15)16/h6-8H,(H,9,10)(H,11,12)(H,13,14)(H,15,16). The molecule has 0 fully saturated rings. The SMILES string of the molecule is O=C(O)NC(NC(=O)O)(NC(=O)O)C(=O)O. The lowest BCUT2D eigenvalue weighted by molar-refractivity contribution is -0.147. The molecule has 11 heteroatoms. The summed E-state index contributed by atoms with van der Waals surface area (Å²) in [6.45, 7) is 0. The van der Waals surface area contributed by atoms with Crippen LogP contribution in [0.25, 0.3) is 0 Å². The van der Waals surface area contributed by atoms with E-state index in [0.717, 1.165) is 0 Å². The highest BCUT2D eigenvalue weighted by Gasteiger charge is 2.44. The maximum atomic E-state index is 10.7. The highest BCUT2D eigenvalue weighted by Crippen LogP contribution is 1.96. The van der Waals surface area contributed by atoms with Crippen LogP contribution in [0.2, 0.25) is 0 Å². The molecule has 0 aromatic rings. The molecule has 0 aliphatic heterocycles. The van der Waals surface area contributed by atoms with Crippen molar-refractivity contribution in [2.24, 2.45) is 0 Å². The molecule has 0 aromatic carbocycles. The second kappa shape index (κ2) is 4.68. The van der Waals surface area contributed by atoms with Crippen LogP contribution in [0.5, 0.6) is 0 Å². The molecular formula is C5H7N3O8. The quantitative estimate of drug-likeness (QED) is 0.288. The molecule has 3 amide bonds. The fourth-order valence-corrected chi connectivity index (χ4v) is 0.735. The molecule has 0 saturated heterocycles. The molecule has 0 aromatic heterocycles. The van der Waals surface area contributed by atoms with Gasteiger partial charge in [-0.1, -0.05) is 0 Å². The number of aliphatic carboxylic acids is 1. The Bertz CT molecular complexity index is 298. The Morgan fingerprint density at radius 2 is 0.938 bits per heavy atom. The van der Waals surface area contributed by atoms with Crippen molar-refractivity contribution in [1.29, 1.82) is 0 Å². The van der Waals surface area contributed by atoms with E-state index in [1.54, 1.807) is 0 Å². The van der Waals surface area contributed by atoms with Gasteiger partial charge in [-0.3, -0.25) is 16.0 Å². The first-order valence-corrected chi connectivity index (χ1v) is 3.46. The Morgan fingerprint density at radius 1 is 0.688 bits per heavy atom. The van der Waals surface area contributed by atoms with Gasteiger partial charge in [0.2, 0.25) is 0 Å². The second-order valence-corrected chi connectivity index (χ2v) is 2.35. The summed E-state index contributed by atoms with van der Waals surface area (Å²) < 4.78 is 0. The molecule has 0 atom stereocenters. The zero-order chi connectivity index (χ0) is 12.9. The van der Waals surface area contributed by atoms with Crippen molar-refractivity contribution in [2.75, 3.05) is 0 Å². The van der Waals surface area contributed by atoms with Crippen molar-refractivity contribution in [2.45, 2.75) is 5.79 Å². The first-order chi connectivity index (χ1) is 7.19. The molecule has 0 aliphatic rings. The minimum absolute atomic E-state index is 1.19. The number of hydrogen-bond donors (Lipinski definition) is 7. The molecule has 16 heavy (non-hydrogen) atoms. The first kappa shape index (κ1) is 13.3. The third kappa shape index (κ3) is 3.57. The molecule has 0 saturated carbocycles. The van der Waals surface area contributed by atoms with E-state index in [1.807, 2.05) is 0 Å². The van der Waals surface area contributed by atoms with Gasteiger partial charge in [0, 0.05) is 0 Å². The molecule has 0 unspecified atom stereocenters. The van der Waals surface area contributed by atoms with E-state index in [2.05, 4.69) is 0 Å².